The lowest BCUT2D eigenvalue weighted by molar-refractivity contribution is 0.534. The second-order valence-electron chi connectivity index (χ2n) is 9.19. The van der Waals surface area contributed by atoms with Crippen molar-refractivity contribution in [1.82, 2.24) is 4.98 Å². The maximum Gasteiger partial charge on any atom is 0.113 e. The molecule has 0 unspecified atom stereocenters. The van der Waals surface area contributed by atoms with E-state index in [0.29, 0.717) is 13.0 Å². The van der Waals surface area contributed by atoms with E-state index in [1.54, 1.807) is 39.2 Å². The summed E-state index contributed by atoms with van der Waals surface area (Å²) in [6.45, 7) is 7.49. The van der Waals surface area contributed by atoms with Crippen molar-refractivity contribution in [3.8, 4) is 6.07 Å². The lowest BCUT2D eigenvalue weighted by atomic mass is 9.91. The highest BCUT2D eigenvalue weighted by molar-refractivity contribution is 7.16. The van der Waals surface area contributed by atoms with Crippen LogP contribution in [-0.4, -0.2) is 24.8 Å². The van der Waals surface area contributed by atoms with Gasteiger partial charge in [-0.25, -0.2) is 4.98 Å². The molecule has 0 amide bonds. The number of hydrogen-bond acceptors (Lipinski definition) is 6. The van der Waals surface area contributed by atoms with E-state index in [-0.39, 0.29) is 5.41 Å². The van der Waals surface area contributed by atoms with Gasteiger partial charge >= 0.3 is 0 Å². The predicted octanol–water partition coefficient (Wildman–Crippen LogP) is 5.13. The first kappa shape index (κ1) is 24.4. The standard InChI is InChI=1S/C16H21N.C10H16N4S/c1-2-17-10-9-16-14-7-3-5-12(14)11-13-6-4-8-15(13)16;1-10(2,4-5-11)9-14-7(6-12)8(13-3)15-9/h10-11H,2-9H2,1H3;13H,4,6,12H2,1-3H3. The Bertz CT molecular complexity index is 943. The number of aliphatic imine (C=N–C) groups is 1. The fraction of sp³-hybridized carbons (Fsp3) is 0.577. The molecule has 4 rings (SSSR count). The van der Waals surface area contributed by atoms with E-state index in [0.717, 1.165) is 28.7 Å². The van der Waals surface area contributed by atoms with Crippen molar-refractivity contribution >= 4 is 22.6 Å². The van der Waals surface area contributed by atoms with Crippen molar-refractivity contribution in [3.63, 3.8) is 0 Å². The normalized spacial score (nSPS) is 14.6. The van der Waals surface area contributed by atoms with Gasteiger partial charge in [-0.2, -0.15) is 5.26 Å². The van der Waals surface area contributed by atoms with Crippen LogP contribution in [0.4, 0.5) is 5.00 Å². The Morgan fingerprint density at radius 3 is 2.38 bits per heavy atom. The smallest absolute Gasteiger partial charge is 0.113 e. The zero-order chi connectivity index (χ0) is 23.1. The molecule has 3 N–H and O–H groups in total. The quantitative estimate of drug-likeness (QED) is 0.571. The summed E-state index contributed by atoms with van der Waals surface area (Å²) in [6.07, 6.45) is 11.6. The van der Waals surface area contributed by atoms with Gasteiger partial charge in [-0.05, 0) is 73.3 Å². The van der Waals surface area contributed by atoms with Gasteiger partial charge in [0.1, 0.15) is 10.0 Å². The van der Waals surface area contributed by atoms with Gasteiger partial charge in [0, 0.05) is 44.6 Å². The molecule has 6 heteroatoms. The van der Waals surface area contributed by atoms with Gasteiger partial charge in [-0.1, -0.05) is 19.9 Å². The lowest BCUT2D eigenvalue weighted by Crippen LogP contribution is -2.16. The Balaban J connectivity index is 0.000000183. The number of thiazole rings is 1. The van der Waals surface area contributed by atoms with Crippen LogP contribution in [0.2, 0.25) is 0 Å². The van der Waals surface area contributed by atoms with Crippen LogP contribution in [0, 0.1) is 11.3 Å². The molecule has 172 valence electrons. The predicted molar refractivity (Wildman–Crippen MR) is 136 cm³/mol. The van der Waals surface area contributed by atoms with E-state index in [2.05, 4.69) is 40.6 Å². The minimum atomic E-state index is -0.196. The first-order valence-corrected chi connectivity index (χ1v) is 12.6. The van der Waals surface area contributed by atoms with Crippen LogP contribution in [-0.2, 0) is 44.1 Å². The van der Waals surface area contributed by atoms with Crippen molar-refractivity contribution in [2.75, 3.05) is 18.9 Å². The summed E-state index contributed by atoms with van der Waals surface area (Å²) in [5, 5.41) is 13.8. The van der Waals surface area contributed by atoms with E-state index in [1.807, 2.05) is 20.9 Å². The van der Waals surface area contributed by atoms with Gasteiger partial charge in [-0.15, -0.1) is 11.3 Å². The molecule has 5 nitrogen and oxygen atoms in total. The molecule has 1 heterocycles. The van der Waals surface area contributed by atoms with Crippen molar-refractivity contribution in [2.45, 2.75) is 84.1 Å². The molecule has 2 aromatic rings. The van der Waals surface area contributed by atoms with Gasteiger partial charge < -0.3 is 11.1 Å². The summed E-state index contributed by atoms with van der Waals surface area (Å²) in [7, 11) is 1.85. The van der Waals surface area contributed by atoms with E-state index in [1.165, 1.54) is 38.5 Å². The monoisotopic (exact) mass is 451 g/mol. The number of rotatable bonds is 7. The fourth-order valence-electron chi connectivity index (χ4n) is 4.71. The Hall–Kier alpha value is -2.23. The highest BCUT2D eigenvalue weighted by atomic mass is 32.1. The number of aromatic nitrogens is 1. The number of benzene rings is 1. The van der Waals surface area contributed by atoms with Gasteiger partial charge in [0.2, 0.25) is 0 Å². The third-order valence-electron chi connectivity index (χ3n) is 6.42. The summed E-state index contributed by atoms with van der Waals surface area (Å²) in [5.74, 6) is 0. The highest BCUT2D eigenvalue weighted by Crippen LogP contribution is 2.36. The third kappa shape index (κ3) is 5.39. The average molecular weight is 452 g/mol. The van der Waals surface area contributed by atoms with Crippen LogP contribution in [0.3, 0.4) is 0 Å². The molecule has 0 atom stereocenters. The van der Waals surface area contributed by atoms with Crippen LogP contribution >= 0.6 is 11.3 Å². The van der Waals surface area contributed by atoms with Gasteiger partial charge in [0.25, 0.3) is 0 Å². The first-order valence-electron chi connectivity index (χ1n) is 11.8. The molecule has 2 aliphatic rings. The molecule has 32 heavy (non-hydrogen) atoms. The maximum atomic E-state index is 8.74. The van der Waals surface area contributed by atoms with Crippen LogP contribution < -0.4 is 11.1 Å². The number of anilines is 1. The topological polar surface area (TPSA) is 87.1 Å². The molecule has 0 fully saturated rings. The van der Waals surface area contributed by atoms with Crippen LogP contribution in [0.1, 0.15) is 78.6 Å². The fourth-order valence-corrected chi connectivity index (χ4v) is 5.76. The van der Waals surface area contributed by atoms with E-state index in [9.17, 15) is 0 Å². The number of aryl methyl sites for hydroxylation is 2. The van der Waals surface area contributed by atoms with E-state index < -0.39 is 0 Å². The Labute approximate surface area is 197 Å². The Kier molecular flexibility index (Phi) is 8.44. The van der Waals surface area contributed by atoms with Crippen LogP contribution in [0.25, 0.3) is 0 Å². The second-order valence-corrected chi connectivity index (χ2v) is 10.2. The Morgan fingerprint density at radius 2 is 1.88 bits per heavy atom. The van der Waals surface area contributed by atoms with Gasteiger partial charge in [-0.3, -0.25) is 4.99 Å². The molecule has 0 saturated heterocycles. The zero-order valence-electron chi connectivity index (χ0n) is 20.1. The molecule has 1 aromatic carbocycles. The average Bonchev–Trinajstić information content (AvgIpc) is 3.52. The molecule has 0 saturated carbocycles. The number of hydrogen-bond donors (Lipinski definition) is 2. The minimum Gasteiger partial charge on any atom is -0.378 e. The Morgan fingerprint density at radius 1 is 1.22 bits per heavy atom. The zero-order valence-corrected chi connectivity index (χ0v) is 20.9. The number of nitrogens with one attached hydrogen (secondary N) is 1. The molecule has 0 spiro atoms. The van der Waals surface area contributed by atoms with Crippen molar-refractivity contribution in [2.24, 2.45) is 10.7 Å². The van der Waals surface area contributed by atoms with Crippen molar-refractivity contribution < 1.29 is 0 Å². The molecular formula is C26H37N5S. The van der Waals surface area contributed by atoms with Crippen molar-refractivity contribution in [1.29, 1.82) is 5.26 Å². The SMILES string of the molecule is CCN=CCc1c2c(cc3c1CCC3)CCC2.CNc1sc(C(C)(C)CC#N)nc1CN. The van der Waals surface area contributed by atoms with E-state index >= 15 is 0 Å². The van der Waals surface area contributed by atoms with Crippen molar-refractivity contribution in [3.05, 3.63) is 44.6 Å². The number of nitrogens with two attached hydrogens (primary N) is 1. The lowest BCUT2D eigenvalue weighted by Gasteiger charge is -2.16. The van der Waals surface area contributed by atoms with E-state index in [4.69, 9.17) is 11.0 Å². The summed E-state index contributed by atoms with van der Waals surface area (Å²) in [4.78, 5) is 8.86. The molecule has 0 bridgehead atoms. The molecular weight excluding hydrogens is 414 g/mol. The number of fused-ring (bicyclic) bond motifs is 2. The summed E-state index contributed by atoms with van der Waals surface area (Å²) in [6, 6.07) is 4.69. The number of nitriles is 1. The van der Waals surface area contributed by atoms with Crippen LogP contribution in [0.5, 0.6) is 0 Å². The minimum absolute atomic E-state index is 0.196. The number of nitrogens with zero attached hydrogens (tertiary/aromatic N) is 3. The summed E-state index contributed by atoms with van der Waals surface area (Å²) < 4.78 is 0. The first-order chi connectivity index (χ1) is 15.4. The molecule has 1 aromatic heterocycles. The largest absolute Gasteiger partial charge is 0.378 e. The molecule has 2 aliphatic carbocycles. The van der Waals surface area contributed by atoms with Gasteiger partial charge in [0.15, 0.2) is 0 Å². The highest BCUT2D eigenvalue weighted by Gasteiger charge is 2.26. The maximum absolute atomic E-state index is 8.74. The molecule has 0 aliphatic heterocycles. The van der Waals surface area contributed by atoms with Gasteiger partial charge in [0.05, 0.1) is 11.8 Å². The summed E-state index contributed by atoms with van der Waals surface area (Å²) in [5.41, 5.74) is 14.6. The van der Waals surface area contributed by atoms with Crippen LogP contribution in [0.15, 0.2) is 11.1 Å². The summed E-state index contributed by atoms with van der Waals surface area (Å²) >= 11 is 1.58. The third-order valence-corrected chi connectivity index (χ3v) is 7.90. The second kappa shape index (κ2) is 11.1. The molecule has 0 radical (unpaired) electrons.